The molecule has 196 valence electrons. The number of imidazole rings is 1. The lowest BCUT2D eigenvalue weighted by atomic mass is 10.0. The summed E-state index contributed by atoms with van der Waals surface area (Å²) in [4.78, 5) is 12.9. The molecule has 0 atom stereocenters. The number of aromatic nitrogens is 3. The molecule has 2 aromatic heterocycles. The van der Waals surface area contributed by atoms with E-state index in [4.69, 9.17) is 26.0 Å². The van der Waals surface area contributed by atoms with E-state index in [0.717, 1.165) is 45.8 Å². The van der Waals surface area contributed by atoms with Crippen molar-refractivity contribution in [2.75, 3.05) is 13.7 Å². The number of pyridine rings is 1. The van der Waals surface area contributed by atoms with Crippen LogP contribution in [0.25, 0.3) is 27.1 Å². The molecule has 0 aliphatic heterocycles. The van der Waals surface area contributed by atoms with Crippen LogP contribution in [0.15, 0.2) is 72.8 Å². The number of methoxy groups -OCH3 is 1. The van der Waals surface area contributed by atoms with E-state index in [9.17, 15) is 4.39 Å². The molecule has 3 aromatic carbocycles. The van der Waals surface area contributed by atoms with Gasteiger partial charge >= 0.3 is 0 Å². The predicted octanol–water partition coefficient (Wildman–Crippen LogP) is 7.22. The molecule has 2 heterocycles. The summed E-state index contributed by atoms with van der Waals surface area (Å²) in [6.07, 6.45) is 0.700. The molecule has 7 heteroatoms. The van der Waals surface area contributed by atoms with Gasteiger partial charge in [-0.3, -0.25) is 0 Å². The second-order valence-corrected chi connectivity index (χ2v) is 9.53. The molecule has 0 bridgehead atoms. The van der Waals surface area contributed by atoms with Crippen LogP contribution in [-0.4, -0.2) is 28.3 Å². The molecule has 0 radical (unpaired) electrons. The van der Waals surface area contributed by atoms with Gasteiger partial charge < -0.3 is 14.0 Å². The Hall–Kier alpha value is -4.54. The highest BCUT2D eigenvalue weighted by atomic mass is 19.1. The smallest absolute Gasteiger partial charge is 0.214 e. The van der Waals surface area contributed by atoms with Crippen LogP contribution in [0, 0.1) is 26.2 Å². The van der Waals surface area contributed by atoms with Gasteiger partial charge in [0.25, 0.3) is 0 Å². The number of rotatable bonds is 9. The highest BCUT2D eigenvalue weighted by molar-refractivity contribution is 5.77. The summed E-state index contributed by atoms with van der Waals surface area (Å²) in [6.45, 7) is 12.5. The number of hydrogen-bond donors (Lipinski definition) is 0. The molecule has 5 aromatic rings. The highest BCUT2D eigenvalue weighted by Gasteiger charge is 2.13. The van der Waals surface area contributed by atoms with Crippen LogP contribution in [0.3, 0.4) is 0 Å². The van der Waals surface area contributed by atoms with E-state index in [1.54, 1.807) is 25.3 Å². The Kier molecular flexibility index (Phi) is 7.67. The first kappa shape index (κ1) is 26.1. The summed E-state index contributed by atoms with van der Waals surface area (Å²) in [5.41, 5.74) is 7.89. The van der Waals surface area contributed by atoms with Gasteiger partial charge in [-0.25, -0.2) is 19.2 Å². The standard InChI is InChI=1S/C32H29FN4O2/c1-21-5-13-28-29(17-21)37(15-16-38-4)30(35-28)18-23-7-9-24(10-8-23)32-22(2)6-14-31(36-32)39-20-25-11-12-26(34-3)19-27(25)33/h5-14,17,19H,15-16,18,20H2,1-2,4H3. The lowest BCUT2D eigenvalue weighted by Crippen LogP contribution is -2.09. The lowest BCUT2D eigenvalue weighted by Gasteiger charge is -2.12. The predicted molar refractivity (Wildman–Crippen MR) is 151 cm³/mol. The molecule has 0 N–H and O–H groups in total. The van der Waals surface area contributed by atoms with E-state index in [-0.39, 0.29) is 12.3 Å². The number of fused-ring (bicyclic) bond motifs is 1. The second kappa shape index (κ2) is 11.5. The minimum atomic E-state index is -0.461. The number of hydrogen-bond acceptors (Lipinski definition) is 4. The maximum Gasteiger partial charge on any atom is 0.214 e. The molecule has 6 nitrogen and oxygen atoms in total. The molecule has 0 saturated carbocycles. The molecule has 0 saturated heterocycles. The molecule has 0 spiro atoms. The maximum absolute atomic E-state index is 14.3. The van der Waals surface area contributed by atoms with E-state index < -0.39 is 5.82 Å². The van der Waals surface area contributed by atoms with Gasteiger partial charge in [-0.05, 0) is 48.7 Å². The first-order valence-electron chi connectivity index (χ1n) is 12.8. The Labute approximate surface area is 227 Å². The topological polar surface area (TPSA) is 53.5 Å². The number of benzene rings is 3. The first-order chi connectivity index (χ1) is 18.9. The van der Waals surface area contributed by atoms with Crippen LogP contribution in [-0.2, 0) is 24.3 Å². The van der Waals surface area contributed by atoms with Crippen molar-refractivity contribution in [3.05, 3.63) is 118 Å². The first-order valence-corrected chi connectivity index (χ1v) is 12.8. The average Bonchev–Trinajstić information content (AvgIpc) is 3.28. The van der Waals surface area contributed by atoms with Gasteiger partial charge in [0.2, 0.25) is 5.88 Å². The fourth-order valence-electron chi connectivity index (χ4n) is 4.57. The molecule has 5 rings (SSSR count). The third-order valence-electron chi connectivity index (χ3n) is 6.70. The van der Waals surface area contributed by atoms with Crippen molar-refractivity contribution < 1.29 is 13.9 Å². The largest absolute Gasteiger partial charge is 0.473 e. The van der Waals surface area contributed by atoms with Crippen molar-refractivity contribution in [2.45, 2.75) is 33.4 Å². The van der Waals surface area contributed by atoms with E-state index in [1.807, 2.05) is 13.0 Å². The van der Waals surface area contributed by atoms with Crippen LogP contribution < -0.4 is 4.74 Å². The Balaban J connectivity index is 1.34. The summed E-state index contributed by atoms with van der Waals surface area (Å²) >= 11 is 0. The number of ether oxygens (including phenoxy) is 2. The van der Waals surface area contributed by atoms with E-state index in [1.165, 1.54) is 11.6 Å². The Morgan fingerprint density at radius 1 is 0.949 bits per heavy atom. The summed E-state index contributed by atoms with van der Waals surface area (Å²) in [7, 11) is 1.71. The van der Waals surface area contributed by atoms with Crippen molar-refractivity contribution in [1.82, 2.24) is 14.5 Å². The zero-order valence-electron chi connectivity index (χ0n) is 22.2. The van der Waals surface area contributed by atoms with Crippen LogP contribution >= 0.6 is 0 Å². The Morgan fingerprint density at radius 3 is 2.51 bits per heavy atom. The van der Waals surface area contributed by atoms with Gasteiger partial charge in [0.05, 0.1) is 29.9 Å². The molecular weight excluding hydrogens is 491 g/mol. The van der Waals surface area contributed by atoms with Crippen LogP contribution in [0.1, 0.15) is 28.1 Å². The quantitative estimate of drug-likeness (QED) is 0.193. The number of nitrogens with zero attached hydrogens (tertiary/aromatic N) is 4. The Morgan fingerprint density at radius 2 is 1.77 bits per heavy atom. The zero-order chi connectivity index (χ0) is 27.4. The normalized spacial score (nSPS) is 11.1. The number of aryl methyl sites for hydroxylation is 2. The summed E-state index contributed by atoms with van der Waals surface area (Å²) in [5, 5.41) is 0. The lowest BCUT2D eigenvalue weighted by molar-refractivity contribution is 0.187. The number of halogens is 1. The van der Waals surface area contributed by atoms with E-state index in [0.29, 0.717) is 24.5 Å². The van der Waals surface area contributed by atoms with Crippen molar-refractivity contribution in [3.63, 3.8) is 0 Å². The van der Waals surface area contributed by atoms with Crippen molar-refractivity contribution in [3.8, 4) is 17.1 Å². The summed E-state index contributed by atoms with van der Waals surface area (Å²) < 4.78 is 27.6. The fraction of sp³-hybridized carbons (Fsp3) is 0.219. The minimum Gasteiger partial charge on any atom is -0.473 e. The van der Waals surface area contributed by atoms with Crippen molar-refractivity contribution in [1.29, 1.82) is 0 Å². The second-order valence-electron chi connectivity index (χ2n) is 9.53. The molecule has 0 aliphatic rings. The molecule has 0 unspecified atom stereocenters. The van der Waals surface area contributed by atoms with E-state index in [2.05, 4.69) is 58.8 Å². The van der Waals surface area contributed by atoms with Crippen molar-refractivity contribution >= 4 is 16.7 Å². The van der Waals surface area contributed by atoms with Gasteiger partial charge in [-0.2, -0.15) is 0 Å². The maximum atomic E-state index is 14.3. The van der Waals surface area contributed by atoms with Crippen LogP contribution in [0.4, 0.5) is 10.1 Å². The van der Waals surface area contributed by atoms with Crippen LogP contribution in [0.2, 0.25) is 0 Å². The van der Waals surface area contributed by atoms with Crippen LogP contribution in [0.5, 0.6) is 5.88 Å². The molecule has 0 fully saturated rings. The van der Waals surface area contributed by atoms with Gasteiger partial charge in [0.15, 0.2) is 5.69 Å². The molecule has 0 aliphatic carbocycles. The SMILES string of the molecule is [C-]#[N+]c1ccc(COc2ccc(C)c(-c3ccc(Cc4nc5ccc(C)cc5n4CCOC)cc3)n2)c(F)c1. The van der Waals surface area contributed by atoms with Gasteiger partial charge in [-0.15, -0.1) is 0 Å². The third-order valence-corrected chi connectivity index (χ3v) is 6.70. The molecule has 39 heavy (non-hydrogen) atoms. The highest BCUT2D eigenvalue weighted by Crippen LogP contribution is 2.27. The van der Waals surface area contributed by atoms with E-state index >= 15 is 0 Å². The minimum absolute atomic E-state index is 0.0299. The monoisotopic (exact) mass is 520 g/mol. The Bertz CT molecular complexity index is 1670. The van der Waals surface area contributed by atoms with Gasteiger partial charge in [0, 0.05) is 37.3 Å². The van der Waals surface area contributed by atoms with Gasteiger partial charge in [-0.1, -0.05) is 48.5 Å². The molecule has 0 amide bonds. The fourth-order valence-corrected chi connectivity index (χ4v) is 4.57. The zero-order valence-corrected chi connectivity index (χ0v) is 22.2. The molecular formula is C32H29FN4O2. The van der Waals surface area contributed by atoms with Gasteiger partial charge in [0.1, 0.15) is 18.2 Å². The third kappa shape index (κ3) is 5.82. The van der Waals surface area contributed by atoms with Crippen molar-refractivity contribution in [2.24, 2.45) is 0 Å². The summed E-state index contributed by atoms with van der Waals surface area (Å²) in [6, 6.07) is 22.7. The summed E-state index contributed by atoms with van der Waals surface area (Å²) in [5.74, 6) is 0.953. The average molecular weight is 521 g/mol.